The zero-order valence-electron chi connectivity index (χ0n) is 21.9. The second-order valence-electron chi connectivity index (χ2n) is 9.60. The molecule has 1 aliphatic carbocycles. The highest BCUT2D eigenvalue weighted by Crippen LogP contribution is 2.29. The number of carbonyl (C=O) groups is 4. The Kier molecular flexibility index (Phi) is 9.89. The van der Waals surface area contributed by atoms with Gasteiger partial charge >= 0.3 is 5.97 Å². The first kappa shape index (κ1) is 29.9. The molecular formula is C32H27Cl2NO6. The van der Waals surface area contributed by atoms with Gasteiger partial charge in [0.25, 0.3) is 5.91 Å². The third kappa shape index (κ3) is 7.79. The average Bonchev–Trinajstić information content (AvgIpc) is 2.98. The van der Waals surface area contributed by atoms with Gasteiger partial charge in [0.15, 0.2) is 17.7 Å². The van der Waals surface area contributed by atoms with Crippen LogP contribution in [0, 0.1) is 0 Å². The third-order valence-corrected chi connectivity index (χ3v) is 7.11. The highest BCUT2D eigenvalue weighted by Gasteiger charge is 2.20. The summed E-state index contributed by atoms with van der Waals surface area (Å²) in [5.41, 5.74) is 3.64. The number of hydrogen-bond acceptors (Lipinski definition) is 5. The van der Waals surface area contributed by atoms with E-state index in [4.69, 9.17) is 28.3 Å². The van der Waals surface area contributed by atoms with Gasteiger partial charge in [-0.05, 0) is 78.8 Å². The van der Waals surface area contributed by atoms with E-state index in [1.165, 1.54) is 60.5 Å². The number of aliphatic hydroxyl groups excluding tert-OH is 1. The van der Waals surface area contributed by atoms with Crippen LogP contribution in [0.1, 0.15) is 67.9 Å². The first-order valence-corrected chi connectivity index (χ1v) is 13.7. The Balaban J connectivity index is 1.64. The summed E-state index contributed by atoms with van der Waals surface area (Å²) < 4.78 is 0. The molecule has 1 atom stereocenters. The van der Waals surface area contributed by atoms with Crippen LogP contribution in [0.5, 0.6) is 0 Å². The molecule has 0 aromatic heterocycles. The van der Waals surface area contributed by atoms with Crippen molar-refractivity contribution in [2.45, 2.75) is 31.8 Å². The zero-order chi connectivity index (χ0) is 29.5. The molecule has 0 aliphatic heterocycles. The van der Waals surface area contributed by atoms with Gasteiger partial charge in [0.1, 0.15) is 0 Å². The van der Waals surface area contributed by atoms with E-state index in [1.807, 2.05) is 24.3 Å². The number of ketones is 2. The summed E-state index contributed by atoms with van der Waals surface area (Å²) in [7, 11) is 0. The smallest absolute Gasteiger partial charge is 0.334 e. The van der Waals surface area contributed by atoms with Crippen LogP contribution in [0.15, 0.2) is 78.9 Å². The Morgan fingerprint density at radius 2 is 1.44 bits per heavy atom. The minimum atomic E-state index is -1.74. The van der Waals surface area contributed by atoms with Crippen LogP contribution >= 0.6 is 23.2 Å². The van der Waals surface area contributed by atoms with Crippen molar-refractivity contribution in [2.24, 2.45) is 0 Å². The molecule has 3 N–H and O–H groups in total. The molecule has 0 saturated carbocycles. The molecule has 3 aromatic rings. The number of carboxylic acids is 1. The zero-order valence-corrected chi connectivity index (χ0v) is 23.4. The van der Waals surface area contributed by atoms with Crippen LogP contribution in [0.2, 0.25) is 10.0 Å². The van der Waals surface area contributed by atoms with Crippen molar-refractivity contribution in [3.63, 3.8) is 0 Å². The summed E-state index contributed by atoms with van der Waals surface area (Å²) >= 11 is 12.2. The average molecular weight is 592 g/mol. The summed E-state index contributed by atoms with van der Waals surface area (Å²) in [6.07, 6.45) is 6.07. The molecule has 7 nitrogen and oxygen atoms in total. The highest BCUT2D eigenvalue weighted by molar-refractivity contribution is 6.36. The van der Waals surface area contributed by atoms with Gasteiger partial charge in [0.05, 0.1) is 6.54 Å². The lowest BCUT2D eigenvalue weighted by Crippen LogP contribution is -2.36. The molecule has 0 fully saturated rings. The fourth-order valence-electron chi connectivity index (χ4n) is 4.46. The van der Waals surface area contributed by atoms with E-state index >= 15 is 0 Å². The van der Waals surface area contributed by atoms with E-state index in [0.717, 1.165) is 24.8 Å². The first-order chi connectivity index (χ1) is 19.6. The number of carboxylic acid groups (broad SMARTS) is 1. The predicted octanol–water partition coefficient (Wildman–Crippen LogP) is 6.28. The number of Topliss-reactive ketones (excluding diaryl/α,β-unsaturated/α-hetero) is 1. The Bertz CT molecular complexity index is 1520. The molecule has 4 rings (SSSR count). The number of hydrogen-bond donors (Lipinski definition) is 3. The van der Waals surface area contributed by atoms with Gasteiger partial charge in [-0.3, -0.25) is 14.4 Å². The molecule has 0 bridgehead atoms. The molecule has 0 heterocycles. The molecule has 0 saturated heterocycles. The highest BCUT2D eigenvalue weighted by atomic mass is 35.5. The van der Waals surface area contributed by atoms with E-state index in [0.29, 0.717) is 5.56 Å². The number of allylic oxidation sites excluding steroid dienone is 4. The maximum atomic E-state index is 13.7. The Morgan fingerprint density at radius 3 is 2.02 bits per heavy atom. The van der Waals surface area contributed by atoms with Crippen molar-refractivity contribution in [1.82, 2.24) is 5.32 Å². The van der Waals surface area contributed by atoms with E-state index in [9.17, 15) is 24.3 Å². The molecule has 210 valence electrons. The van der Waals surface area contributed by atoms with E-state index < -0.39 is 36.1 Å². The Labute approximate surface area is 247 Å². The minimum Gasteiger partial charge on any atom is -0.479 e. The predicted molar refractivity (Wildman–Crippen MR) is 158 cm³/mol. The van der Waals surface area contributed by atoms with Crippen molar-refractivity contribution >= 4 is 57.8 Å². The third-order valence-electron chi connectivity index (χ3n) is 6.68. The van der Waals surface area contributed by atoms with Crippen LogP contribution in [0.4, 0.5) is 0 Å². The lowest BCUT2D eigenvalue weighted by Gasteiger charge is -2.14. The molecule has 0 radical (unpaired) electrons. The summed E-state index contributed by atoms with van der Waals surface area (Å²) in [5, 5.41) is 21.0. The lowest BCUT2D eigenvalue weighted by molar-refractivity contribution is -0.146. The molecule has 1 amide bonds. The van der Waals surface area contributed by atoms with Gasteiger partial charge in [0, 0.05) is 32.3 Å². The lowest BCUT2D eigenvalue weighted by atomic mass is 9.90. The number of amides is 1. The van der Waals surface area contributed by atoms with Crippen LogP contribution < -0.4 is 5.32 Å². The normalized spacial score (nSPS) is 14.1. The maximum absolute atomic E-state index is 13.7. The molecule has 3 aromatic carbocycles. The fraction of sp³-hybridized carbons (Fsp3) is 0.188. The Morgan fingerprint density at radius 1 is 0.829 bits per heavy atom. The second kappa shape index (κ2) is 13.5. The molecule has 41 heavy (non-hydrogen) atoms. The van der Waals surface area contributed by atoms with Crippen LogP contribution in [-0.4, -0.2) is 46.3 Å². The summed E-state index contributed by atoms with van der Waals surface area (Å²) in [4.78, 5) is 50.1. The van der Waals surface area contributed by atoms with Gasteiger partial charge in [-0.25, -0.2) is 4.79 Å². The SMILES string of the molecule is O=C(C=C(C(=O)c1ccc(C(=O)NC[C@@H](O)C(=O)O)cc1)c1ccc(C2=CCCCC2)cc1)c1cc(Cl)cc(Cl)c1. The topological polar surface area (TPSA) is 121 Å². The van der Waals surface area contributed by atoms with Crippen molar-refractivity contribution in [3.05, 3.63) is 117 Å². The summed E-state index contributed by atoms with van der Waals surface area (Å²) in [5.74, 6) is -2.96. The second-order valence-corrected chi connectivity index (χ2v) is 10.5. The van der Waals surface area contributed by atoms with E-state index in [1.54, 1.807) is 0 Å². The number of aliphatic carboxylic acids is 1. The minimum absolute atomic E-state index is 0.150. The molecule has 1 aliphatic rings. The number of halogens is 2. The molecule has 0 spiro atoms. The Hall–Kier alpha value is -4.04. The van der Waals surface area contributed by atoms with E-state index in [-0.39, 0.29) is 32.3 Å². The largest absolute Gasteiger partial charge is 0.479 e. The van der Waals surface area contributed by atoms with Gasteiger partial charge < -0.3 is 15.5 Å². The fourth-order valence-corrected chi connectivity index (χ4v) is 4.99. The number of aliphatic hydroxyl groups is 1. The number of benzene rings is 3. The number of rotatable bonds is 10. The van der Waals surface area contributed by atoms with Gasteiger partial charge in [-0.2, -0.15) is 0 Å². The maximum Gasteiger partial charge on any atom is 0.334 e. The van der Waals surface area contributed by atoms with E-state index in [2.05, 4.69) is 11.4 Å². The summed E-state index contributed by atoms with van der Waals surface area (Å²) in [6, 6.07) is 17.7. The van der Waals surface area contributed by atoms with Crippen LogP contribution in [-0.2, 0) is 4.79 Å². The number of carbonyl (C=O) groups excluding carboxylic acids is 3. The first-order valence-electron chi connectivity index (χ1n) is 13.0. The number of nitrogens with one attached hydrogen (secondary N) is 1. The van der Waals surface area contributed by atoms with Gasteiger partial charge in [-0.15, -0.1) is 0 Å². The molecular weight excluding hydrogens is 565 g/mol. The standard InChI is InChI=1S/C32H27Cl2NO6/c33-25-14-24(15-26(34)16-25)28(36)17-27(21-8-6-20(7-9-21)19-4-2-1-3-5-19)30(38)22-10-12-23(13-11-22)31(39)35-18-29(37)32(40)41/h4,6-17,29,37H,1-3,5,18H2,(H,35,39)(H,40,41)/t29-/m1/s1. The molecule has 9 heteroatoms. The molecule has 0 unspecified atom stereocenters. The van der Waals surface area contributed by atoms with Crippen LogP contribution in [0.3, 0.4) is 0 Å². The summed E-state index contributed by atoms with van der Waals surface area (Å²) in [6.45, 7) is -0.468. The quantitative estimate of drug-likeness (QED) is 0.188. The van der Waals surface area contributed by atoms with Crippen molar-refractivity contribution in [2.75, 3.05) is 6.54 Å². The van der Waals surface area contributed by atoms with Crippen molar-refractivity contribution in [1.29, 1.82) is 0 Å². The van der Waals surface area contributed by atoms with Crippen molar-refractivity contribution in [3.8, 4) is 0 Å². The monoisotopic (exact) mass is 591 g/mol. The van der Waals surface area contributed by atoms with Gasteiger partial charge in [-0.1, -0.05) is 65.7 Å². The van der Waals surface area contributed by atoms with Gasteiger partial charge in [0.2, 0.25) is 0 Å². The van der Waals surface area contributed by atoms with Crippen LogP contribution in [0.25, 0.3) is 11.1 Å². The van der Waals surface area contributed by atoms with Crippen molar-refractivity contribution < 1.29 is 29.4 Å².